The van der Waals surface area contributed by atoms with Crippen molar-refractivity contribution < 1.29 is 4.79 Å². The number of carbonyl (C=O) groups is 1. The van der Waals surface area contributed by atoms with E-state index in [1.165, 1.54) is 11.3 Å². The fourth-order valence-corrected chi connectivity index (χ4v) is 2.83. The van der Waals surface area contributed by atoms with Crippen LogP contribution in [0.1, 0.15) is 12.0 Å². The monoisotopic (exact) mass is 344 g/mol. The van der Waals surface area contributed by atoms with Crippen LogP contribution in [0.25, 0.3) is 0 Å². The van der Waals surface area contributed by atoms with Crippen molar-refractivity contribution in [2.45, 2.75) is 12.8 Å². The van der Waals surface area contributed by atoms with E-state index in [4.69, 9.17) is 11.6 Å². The molecule has 0 aliphatic heterocycles. The molecule has 1 heterocycles. The number of hydrogen-bond donors (Lipinski definition) is 1. The van der Waals surface area contributed by atoms with Gasteiger partial charge in [0.15, 0.2) is 5.13 Å². The van der Waals surface area contributed by atoms with Gasteiger partial charge in [-0.1, -0.05) is 29.8 Å². The van der Waals surface area contributed by atoms with Gasteiger partial charge < -0.3 is 5.32 Å². The molecule has 1 aromatic heterocycles. The molecule has 1 amide bonds. The summed E-state index contributed by atoms with van der Waals surface area (Å²) in [5.41, 5.74) is 0.981. The standard InChI is InChI=1S/C12H10BrClN2OS/c13-10-7-18-12(15-10)16-11(17)6-5-8-3-1-2-4-9(8)14/h1-4,7H,5-6H2,(H,15,16,17). The minimum Gasteiger partial charge on any atom is -0.302 e. The van der Waals surface area contributed by atoms with Crippen molar-refractivity contribution in [2.75, 3.05) is 5.32 Å². The van der Waals surface area contributed by atoms with Gasteiger partial charge in [0.25, 0.3) is 0 Å². The second kappa shape index (κ2) is 6.31. The van der Waals surface area contributed by atoms with Crippen LogP contribution in [0, 0.1) is 0 Å². The summed E-state index contributed by atoms with van der Waals surface area (Å²) in [4.78, 5) is 15.8. The Morgan fingerprint density at radius 3 is 2.89 bits per heavy atom. The molecule has 94 valence electrons. The van der Waals surface area contributed by atoms with Gasteiger partial charge >= 0.3 is 0 Å². The van der Waals surface area contributed by atoms with Crippen LogP contribution in [0.3, 0.4) is 0 Å². The van der Waals surface area contributed by atoms with Gasteiger partial charge in [0, 0.05) is 16.8 Å². The molecule has 0 saturated heterocycles. The van der Waals surface area contributed by atoms with Crippen molar-refractivity contribution in [3.8, 4) is 0 Å². The fraction of sp³-hybridized carbons (Fsp3) is 0.167. The Kier molecular flexibility index (Phi) is 4.74. The van der Waals surface area contributed by atoms with Gasteiger partial charge in [0.2, 0.25) is 5.91 Å². The molecule has 0 fully saturated rings. The highest BCUT2D eigenvalue weighted by Gasteiger charge is 2.07. The maximum Gasteiger partial charge on any atom is 0.226 e. The summed E-state index contributed by atoms with van der Waals surface area (Å²) in [6.45, 7) is 0. The number of thiazole rings is 1. The largest absolute Gasteiger partial charge is 0.302 e. The lowest BCUT2D eigenvalue weighted by Gasteiger charge is -2.03. The van der Waals surface area contributed by atoms with Crippen LogP contribution < -0.4 is 5.32 Å². The van der Waals surface area contributed by atoms with E-state index in [1.807, 2.05) is 29.6 Å². The van der Waals surface area contributed by atoms with Crippen LogP contribution >= 0.6 is 38.9 Å². The average Bonchev–Trinajstić information content (AvgIpc) is 2.74. The first kappa shape index (κ1) is 13.5. The average molecular weight is 346 g/mol. The van der Waals surface area contributed by atoms with Crippen molar-refractivity contribution in [1.29, 1.82) is 0 Å². The predicted molar refractivity (Wildman–Crippen MR) is 78.2 cm³/mol. The summed E-state index contributed by atoms with van der Waals surface area (Å²) in [6.07, 6.45) is 1.01. The molecule has 2 rings (SSSR count). The van der Waals surface area contributed by atoms with Crippen molar-refractivity contribution >= 4 is 49.9 Å². The number of rotatable bonds is 4. The minimum atomic E-state index is -0.0585. The van der Waals surface area contributed by atoms with Gasteiger partial charge in [0.05, 0.1) is 0 Å². The smallest absolute Gasteiger partial charge is 0.226 e. The van der Waals surface area contributed by atoms with Crippen molar-refractivity contribution in [3.63, 3.8) is 0 Å². The van der Waals surface area contributed by atoms with E-state index in [0.717, 1.165) is 10.2 Å². The number of aromatic nitrogens is 1. The zero-order valence-electron chi connectivity index (χ0n) is 9.32. The quantitative estimate of drug-likeness (QED) is 0.905. The predicted octanol–water partition coefficient (Wildman–Crippen LogP) is 4.13. The molecule has 0 aliphatic rings. The Hall–Kier alpha value is -0.910. The lowest BCUT2D eigenvalue weighted by atomic mass is 10.1. The Bertz CT molecular complexity index is 559. The zero-order chi connectivity index (χ0) is 13.0. The van der Waals surface area contributed by atoms with Crippen LogP contribution in [0.4, 0.5) is 5.13 Å². The summed E-state index contributed by atoms with van der Waals surface area (Å²) in [5.74, 6) is -0.0585. The van der Waals surface area contributed by atoms with E-state index in [0.29, 0.717) is 23.0 Å². The molecule has 1 N–H and O–H groups in total. The summed E-state index contributed by atoms with van der Waals surface area (Å²) < 4.78 is 0.730. The molecule has 18 heavy (non-hydrogen) atoms. The number of amides is 1. The molecule has 2 aromatic rings. The van der Waals surface area contributed by atoms with E-state index in [-0.39, 0.29) is 5.91 Å². The molecule has 0 atom stereocenters. The molecule has 0 bridgehead atoms. The number of carbonyl (C=O) groups excluding carboxylic acids is 1. The van der Waals surface area contributed by atoms with Gasteiger partial charge in [-0.05, 0) is 34.0 Å². The summed E-state index contributed by atoms with van der Waals surface area (Å²) in [6, 6.07) is 7.54. The van der Waals surface area contributed by atoms with Crippen LogP contribution in [0.2, 0.25) is 5.02 Å². The topological polar surface area (TPSA) is 42.0 Å². The Morgan fingerprint density at radius 1 is 1.44 bits per heavy atom. The first-order valence-electron chi connectivity index (χ1n) is 5.29. The number of hydrogen-bond acceptors (Lipinski definition) is 3. The van der Waals surface area contributed by atoms with Crippen molar-refractivity contribution in [1.82, 2.24) is 4.98 Å². The Labute approximate surface area is 122 Å². The fourth-order valence-electron chi connectivity index (χ4n) is 1.44. The molecule has 0 aliphatic carbocycles. The third-order valence-corrected chi connectivity index (χ3v) is 4.14. The van der Waals surface area contributed by atoms with Crippen LogP contribution in [-0.2, 0) is 11.2 Å². The Balaban J connectivity index is 1.87. The van der Waals surface area contributed by atoms with Crippen LogP contribution in [0.15, 0.2) is 34.2 Å². The van der Waals surface area contributed by atoms with E-state index < -0.39 is 0 Å². The second-order valence-corrected chi connectivity index (χ2v) is 5.69. The maximum atomic E-state index is 11.7. The lowest BCUT2D eigenvalue weighted by Crippen LogP contribution is -2.12. The molecule has 3 nitrogen and oxygen atoms in total. The van der Waals surface area contributed by atoms with E-state index in [1.54, 1.807) is 0 Å². The second-order valence-electron chi connectivity index (χ2n) is 3.61. The molecule has 0 radical (unpaired) electrons. The van der Waals surface area contributed by atoms with Crippen molar-refractivity contribution in [2.24, 2.45) is 0 Å². The highest BCUT2D eigenvalue weighted by Crippen LogP contribution is 2.20. The highest BCUT2D eigenvalue weighted by atomic mass is 79.9. The summed E-state index contributed by atoms with van der Waals surface area (Å²) in [5, 5.41) is 5.87. The SMILES string of the molecule is O=C(CCc1ccccc1Cl)Nc1nc(Br)cs1. The van der Waals surface area contributed by atoms with Crippen molar-refractivity contribution in [3.05, 3.63) is 44.8 Å². The van der Waals surface area contributed by atoms with E-state index in [2.05, 4.69) is 26.2 Å². The first-order valence-corrected chi connectivity index (χ1v) is 7.34. The van der Waals surface area contributed by atoms with Gasteiger partial charge in [-0.15, -0.1) is 11.3 Å². The number of aryl methyl sites for hydroxylation is 1. The molecular formula is C12H10BrClN2OS. The normalized spacial score (nSPS) is 10.3. The van der Waals surface area contributed by atoms with Gasteiger partial charge in [-0.25, -0.2) is 4.98 Å². The molecule has 0 saturated carbocycles. The lowest BCUT2D eigenvalue weighted by molar-refractivity contribution is -0.116. The third kappa shape index (κ3) is 3.80. The van der Waals surface area contributed by atoms with Crippen LogP contribution in [0.5, 0.6) is 0 Å². The molecular weight excluding hydrogens is 336 g/mol. The van der Waals surface area contributed by atoms with E-state index in [9.17, 15) is 4.79 Å². The molecule has 6 heteroatoms. The zero-order valence-corrected chi connectivity index (χ0v) is 12.5. The molecule has 0 spiro atoms. The number of anilines is 1. The van der Waals surface area contributed by atoms with Gasteiger partial charge in [0.1, 0.15) is 4.60 Å². The summed E-state index contributed by atoms with van der Waals surface area (Å²) >= 11 is 10.6. The number of halogens is 2. The van der Waals surface area contributed by atoms with E-state index >= 15 is 0 Å². The maximum absolute atomic E-state index is 11.7. The first-order chi connectivity index (χ1) is 8.65. The van der Waals surface area contributed by atoms with Gasteiger partial charge in [-0.3, -0.25) is 4.79 Å². The number of benzene rings is 1. The highest BCUT2D eigenvalue weighted by molar-refractivity contribution is 9.10. The van der Waals surface area contributed by atoms with Crippen LogP contribution in [-0.4, -0.2) is 10.9 Å². The number of nitrogens with zero attached hydrogens (tertiary/aromatic N) is 1. The number of nitrogens with one attached hydrogen (secondary N) is 1. The third-order valence-electron chi connectivity index (χ3n) is 2.30. The summed E-state index contributed by atoms with van der Waals surface area (Å²) in [7, 11) is 0. The molecule has 0 unspecified atom stereocenters. The Morgan fingerprint density at radius 2 is 2.22 bits per heavy atom. The minimum absolute atomic E-state index is 0.0585. The molecule has 1 aromatic carbocycles. The van der Waals surface area contributed by atoms with Gasteiger partial charge in [-0.2, -0.15) is 0 Å².